The Kier molecular flexibility index (Phi) is 4.99. The molecule has 1 aliphatic heterocycles. The van der Waals surface area contributed by atoms with Crippen LogP contribution in [0.4, 0.5) is 5.82 Å². The molecule has 1 atom stereocenters. The van der Waals surface area contributed by atoms with Gasteiger partial charge in [-0.2, -0.15) is 17.0 Å². The van der Waals surface area contributed by atoms with Crippen LogP contribution in [0.1, 0.15) is 23.3 Å². The van der Waals surface area contributed by atoms with E-state index in [1.165, 1.54) is 28.8 Å². The second kappa shape index (κ2) is 6.59. The van der Waals surface area contributed by atoms with Crippen LogP contribution in [0.5, 0.6) is 0 Å². The van der Waals surface area contributed by atoms with Crippen LogP contribution in [0.15, 0.2) is 18.2 Å². The Morgan fingerprint density at radius 2 is 2.18 bits per heavy atom. The van der Waals surface area contributed by atoms with Gasteiger partial charge in [-0.3, -0.25) is 0 Å². The fourth-order valence-electron chi connectivity index (χ4n) is 2.34. The molecule has 9 heteroatoms. The molecule has 0 unspecified atom stereocenters. The van der Waals surface area contributed by atoms with E-state index in [1.54, 1.807) is 12.1 Å². The molecule has 0 aromatic carbocycles. The van der Waals surface area contributed by atoms with E-state index in [9.17, 15) is 13.2 Å². The van der Waals surface area contributed by atoms with Crippen molar-refractivity contribution in [1.29, 1.82) is 0 Å². The molecule has 0 amide bonds. The molecule has 2 rings (SSSR count). The Bertz CT molecular complexity index is 647. The highest BCUT2D eigenvalue weighted by molar-refractivity contribution is 7.86. The summed E-state index contributed by atoms with van der Waals surface area (Å²) in [5, 5.41) is 12.1. The van der Waals surface area contributed by atoms with Crippen molar-refractivity contribution in [2.45, 2.75) is 18.9 Å². The molecule has 1 aliphatic rings. The first kappa shape index (κ1) is 16.7. The fourth-order valence-corrected chi connectivity index (χ4v) is 3.53. The molecule has 0 radical (unpaired) electrons. The van der Waals surface area contributed by atoms with Gasteiger partial charge in [0.1, 0.15) is 5.82 Å². The van der Waals surface area contributed by atoms with E-state index in [1.807, 2.05) is 0 Å². The summed E-state index contributed by atoms with van der Waals surface area (Å²) in [6.45, 7) is 0.820. The van der Waals surface area contributed by atoms with Gasteiger partial charge in [0.15, 0.2) is 5.69 Å². The molecule has 2 heterocycles. The van der Waals surface area contributed by atoms with Crippen LogP contribution in [-0.2, 0) is 10.2 Å². The maximum atomic E-state index is 12.2. The van der Waals surface area contributed by atoms with Crippen molar-refractivity contribution in [3.8, 4) is 0 Å². The number of carboxylic acid groups (broad SMARTS) is 1. The summed E-state index contributed by atoms with van der Waals surface area (Å²) >= 11 is 0. The number of aromatic carboxylic acids is 1. The highest BCUT2D eigenvalue weighted by atomic mass is 32.2. The van der Waals surface area contributed by atoms with E-state index in [4.69, 9.17) is 5.11 Å². The van der Waals surface area contributed by atoms with Gasteiger partial charge in [0.05, 0.1) is 0 Å². The van der Waals surface area contributed by atoms with Gasteiger partial charge in [-0.15, -0.1) is 0 Å². The molecule has 0 spiro atoms. The third-order valence-electron chi connectivity index (χ3n) is 3.49. The molecule has 0 saturated carbocycles. The number of pyridine rings is 1. The molecule has 1 fully saturated rings. The lowest BCUT2D eigenvalue weighted by Gasteiger charge is -2.34. The van der Waals surface area contributed by atoms with Gasteiger partial charge in [-0.25, -0.2) is 9.78 Å². The summed E-state index contributed by atoms with van der Waals surface area (Å²) in [4.78, 5) is 14.9. The number of hydrogen-bond donors (Lipinski definition) is 2. The normalized spacial score (nSPS) is 20.0. The molecule has 1 saturated heterocycles. The summed E-state index contributed by atoms with van der Waals surface area (Å²) in [7, 11) is -0.426. The lowest BCUT2D eigenvalue weighted by molar-refractivity contribution is 0.0690. The number of nitrogens with one attached hydrogen (secondary N) is 1. The highest BCUT2D eigenvalue weighted by Crippen LogP contribution is 2.18. The van der Waals surface area contributed by atoms with Crippen molar-refractivity contribution in [3.63, 3.8) is 0 Å². The number of aromatic nitrogens is 1. The van der Waals surface area contributed by atoms with Gasteiger partial charge in [-0.1, -0.05) is 6.07 Å². The summed E-state index contributed by atoms with van der Waals surface area (Å²) in [6.07, 6.45) is 1.54. The van der Waals surface area contributed by atoms with E-state index >= 15 is 0 Å². The van der Waals surface area contributed by atoms with Gasteiger partial charge in [0.25, 0.3) is 10.2 Å². The molecule has 122 valence electrons. The molecule has 22 heavy (non-hydrogen) atoms. The molecular formula is C13H20N4O4S. The van der Waals surface area contributed by atoms with Crippen LogP contribution >= 0.6 is 0 Å². The minimum atomic E-state index is -3.43. The van der Waals surface area contributed by atoms with E-state index in [2.05, 4.69) is 10.3 Å². The molecular weight excluding hydrogens is 308 g/mol. The predicted molar refractivity (Wildman–Crippen MR) is 82.0 cm³/mol. The van der Waals surface area contributed by atoms with Crippen molar-refractivity contribution in [3.05, 3.63) is 23.9 Å². The summed E-state index contributed by atoms with van der Waals surface area (Å²) in [5.74, 6) is -0.655. The molecule has 2 N–H and O–H groups in total. The Morgan fingerprint density at radius 3 is 2.82 bits per heavy atom. The van der Waals surface area contributed by atoms with E-state index < -0.39 is 16.2 Å². The van der Waals surface area contributed by atoms with Gasteiger partial charge in [-0.05, 0) is 25.0 Å². The smallest absolute Gasteiger partial charge is 0.354 e. The maximum absolute atomic E-state index is 12.2. The van der Waals surface area contributed by atoms with E-state index in [-0.39, 0.29) is 11.7 Å². The fraction of sp³-hybridized carbons (Fsp3) is 0.538. The number of carbonyl (C=O) groups is 1. The third kappa shape index (κ3) is 3.73. The average Bonchev–Trinajstić information content (AvgIpc) is 2.47. The van der Waals surface area contributed by atoms with E-state index in [0.717, 1.165) is 12.8 Å². The lowest BCUT2D eigenvalue weighted by Crippen LogP contribution is -2.49. The molecule has 1 aromatic rings. The minimum absolute atomic E-state index is 0.0430. The zero-order valence-corrected chi connectivity index (χ0v) is 13.4. The van der Waals surface area contributed by atoms with Crippen molar-refractivity contribution >= 4 is 22.0 Å². The van der Waals surface area contributed by atoms with Crippen LogP contribution in [0.25, 0.3) is 0 Å². The van der Waals surface area contributed by atoms with Crippen LogP contribution < -0.4 is 5.32 Å². The number of hydrogen-bond acceptors (Lipinski definition) is 5. The van der Waals surface area contributed by atoms with Crippen LogP contribution in [-0.4, -0.2) is 66.3 Å². The zero-order chi connectivity index (χ0) is 16.3. The standard InChI is InChI=1S/C13H20N4O4S/c1-16(2)22(20,21)17-8-4-5-10(9-17)14-12-7-3-6-11(15-12)13(18)19/h3,6-7,10H,4-5,8-9H2,1-2H3,(H,14,15)(H,18,19)/t10-/m1/s1. The number of piperidine rings is 1. The zero-order valence-electron chi connectivity index (χ0n) is 12.6. The summed E-state index contributed by atoms with van der Waals surface area (Å²) in [6, 6.07) is 4.60. The van der Waals surface area contributed by atoms with Crippen molar-refractivity contribution in [2.24, 2.45) is 0 Å². The SMILES string of the molecule is CN(C)S(=O)(=O)N1CCC[C@@H](Nc2cccc(C(=O)O)n2)C1. The number of rotatable bonds is 5. The molecule has 8 nitrogen and oxygen atoms in total. The second-order valence-electron chi connectivity index (χ2n) is 5.34. The second-order valence-corrected chi connectivity index (χ2v) is 7.49. The van der Waals surface area contributed by atoms with Gasteiger partial charge < -0.3 is 10.4 Å². The van der Waals surface area contributed by atoms with Crippen molar-refractivity contribution in [1.82, 2.24) is 13.6 Å². The predicted octanol–water partition coefficient (Wildman–Crippen LogP) is 0.463. The monoisotopic (exact) mass is 328 g/mol. The maximum Gasteiger partial charge on any atom is 0.354 e. The van der Waals surface area contributed by atoms with Crippen LogP contribution in [0.2, 0.25) is 0 Å². The third-order valence-corrected chi connectivity index (χ3v) is 5.40. The topological polar surface area (TPSA) is 103 Å². The molecule has 0 aliphatic carbocycles. The Labute approximate surface area is 129 Å². The van der Waals surface area contributed by atoms with Crippen LogP contribution in [0, 0.1) is 0 Å². The minimum Gasteiger partial charge on any atom is -0.477 e. The largest absolute Gasteiger partial charge is 0.477 e. The Balaban J connectivity index is 2.08. The van der Waals surface area contributed by atoms with Crippen LogP contribution in [0.3, 0.4) is 0 Å². The molecule has 0 bridgehead atoms. The van der Waals surface area contributed by atoms with E-state index in [0.29, 0.717) is 18.9 Å². The summed E-state index contributed by atoms with van der Waals surface area (Å²) in [5.41, 5.74) is -0.0430. The first-order valence-electron chi connectivity index (χ1n) is 6.95. The van der Waals surface area contributed by atoms with Gasteiger partial charge in [0, 0.05) is 33.2 Å². The average molecular weight is 328 g/mol. The first-order chi connectivity index (χ1) is 10.3. The summed E-state index contributed by atoms with van der Waals surface area (Å²) < 4.78 is 26.9. The Hall–Kier alpha value is -1.71. The van der Waals surface area contributed by atoms with Crippen molar-refractivity contribution < 1.29 is 18.3 Å². The quantitative estimate of drug-likeness (QED) is 0.814. The van der Waals surface area contributed by atoms with Gasteiger partial charge in [0.2, 0.25) is 0 Å². The Morgan fingerprint density at radius 1 is 1.45 bits per heavy atom. The number of carboxylic acids is 1. The lowest BCUT2D eigenvalue weighted by atomic mass is 10.1. The van der Waals surface area contributed by atoms with Crippen molar-refractivity contribution in [2.75, 3.05) is 32.5 Å². The molecule has 1 aromatic heterocycles. The van der Waals surface area contributed by atoms with Gasteiger partial charge >= 0.3 is 5.97 Å². The number of nitrogens with zero attached hydrogens (tertiary/aromatic N) is 3. The first-order valence-corrected chi connectivity index (χ1v) is 8.35. The number of anilines is 1. The highest BCUT2D eigenvalue weighted by Gasteiger charge is 2.30.